The third-order valence-electron chi connectivity index (χ3n) is 7.32. The second-order valence-electron chi connectivity index (χ2n) is 8.85. The third-order valence-corrected chi connectivity index (χ3v) is 7.65. The number of rotatable bonds is 3. The number of nitrogens with zero attached hydrogens (tertiary/aromatic N) is 2. The molecular weight excluding hydrogens is 445 g/mol. The van der Waals surface area contributed by atoms with E-state index in [2.05, 4.69) is 17.3 Å². The molecule has 2 heterocycles. The molecule has 2 aromatic rings. The van der Waals surface area contributed by atoms with Gasteiger partial charge >= 0.3 is 6.18 Å². The van der Waals surface area contributed by atoms with Crippen molar-refractivity contribution >= 4 is 29.6 Å². The zero-order valence-corrected chi connectivity index (χ0v) is 17.2. The fourth-order valence-corrected chi connectivity index (χ4v) is 5.96. The summed E-state index contributed by atoms with van der Waals surface area (Å²) >= 11 is 6.06. The van der Waals surface area contributed by atoms with Gasteiger partial charge in [-0.25, -0.2) is 0 Å². The number of hydrogen-bond acceptors (Lipinski definition) is 4. The Morgan fingerprint density at radius 1 is 1.06 bits per heavy atom. The Kier molecular flexibility index (Phi) is 3.92. The van der Waals surface area contributed by atoms with Crippen molar-refractivity contribution in [1.29, 1.82) is 0 Å². The number of furan rings is 1. The van der Waals surface area contributed by atoms with E-state index in [0.717, 1.165) is 36.0 Å². The highest BCUT2D eigenvalue weighted by Gasteiger charge is 2.73. The smallest absolute Gasteiger partial charge is 0.416 e. The van der Waals surface area contributed by atoms with E-state index in [0.29, 0.717) is 0 Å². The highest BCUT2D eigenvalue weighted by molar-refractivity contribution is 6.33. The van der Waals surface area contributed by atoms with E-state index in [1.165, 1.54) is 18.3 Å². The molecule has 1 saturated heterocycles. The van der Waals surface area contributed by atoms with Crippen molar-refractivity contribution < 1.29 is 27.2 Å². The second-order valence-corrected chi connectivity index (χ2v) is 9.26. The van der Waals surface area contributed by atoms with Gasteiger partial charge in [-0.3, -0.25) is 9.59 Å². The van der Waals surface area contributed by atoms with E-state index >= 15 is 0 Å². The number of fused-ring (bicyclic) bond motifs is 3. The molecule has 3 fully saturated rings. The monoisotopic (exact) mass is 460 g/mol. The molecule has 2 bridgehead atoms. The molecule has 9 heteroatoms. The molecule has 32 heavy (non-hydrogen) atoms. The first-order valence-corrected chi connectivity index (χ1v) is 10.7. The van der Waals surface area contributed by atoms with E-state index in [1.807, 2.05) is 0 Å². The van der Waals surface area contributed by atoms with E-state index in [9.17, 15) is 22.8 Å². The van der Waals surface area contributed by atoms with Crippen LogP contribution in [0.15, 0.2) is 52.0 Å². The van der Waals surface area contributed by atoms with Gasteiger partial charge in [0, 0.05) is 5.56 Å². The van der Waals surface area contributed by atoms with Crippen LogP contribution >= 0.6 is 11.6 Å². The van der Waals surface area contributed by atoms with Gasteiger partial charge in [-0.1, -0.05) is 23.8 Å². The molecule has 2 amide bonds. The van der Waals surface area contributed by atoms with Crippen molar-refractivity contribution in [3.63, 3.8) is 0 Å². The van der Waals surface area contributed by atoms with Crippen molar-refractivity contribution in [2.24, 2.45) is 34.2 Å². The van der Waals surface area contributed by atoms with Gasteiger partial charge in [0.2, 0.25) is 0 Å². The predicted octanol–water partition coefficient (Wildman–Crippen LogP) is 5.15. The molecule has 4 atom stereocenters. The molecule has 1 spiro atoms. The average molecular weight is 461 g/mol. The number of alkyl halides is 3. The fraction of sp³-hybridized carbons (Fsp3) is 0.348. The van der Waals surface area contributed by atoms with Gasteiger partial charge in [-0.15, -0.1) is 0 Å². The molecule has 6 rings (SSSR count). The van der Waals surface area contributed by atoms with Gasteiger partial charge in [-0.05, 0) is 60.4 Å². The lowest BCUT2D eigenvalue weighted by Crippen LogP contribution is -2.30. The third kappa shape index (κ3) is 2.62. The van der Waals surface area contributed by atoms with Crippen molar-refractivity contribution in [3.8, 4) is 11.3 Å². The maximum atomic E-state index is 13.0. The van der Waals surface area contributed by atoms with Gasteiger partial charge in [0.05, 0.1) is 28.6 Å². The first-order chi connectivity index (χ1) is 15.2. The maximum absolute atomic E-state index is 13.0. The number of imide groups is 1. The van der Waals surface area contributed by atoms with Crippen molar-refractivity contribution in [3.05, 3.63) is 58.8 Å². The normalized spacial score (nSPS) is 29.7. The highest BCUT2D eigenvalue weighted by atomic mass is 35.5. The fourth-order valence-electron chi connectivity index (χ4n) is 5.75. The van der Waals surface area contributed by atoms with Crippen LogP contribution < -0.4 is 0 Å². The van der Waals surface area contributed by atoms with Gasteiger partial charge in [0.25, 0.3) is 11.8 Å². The Bertz CT molecular complexity index is 1190. The lowest BCUT2D eigenvalue weighted by atomic mass is 9.85. The lowest BCUT2D eigenvalue weighted by Gasteiger charge is -2.18. The van der Waals surface area contributed by atoms with E-state index in [4.69, 9.17) is 16.0 Å². The summed E-state index contributed by atoms with van der Waals surface area (Å²) in [6.45, 7) is 0. The molecule has 1 aliphatic heterocycles. The number of benzene rings is 1. The predicted molar refractivity (Wildman–Crippen MR) is 108 cm³/mol. The molecule has 3 aliphatic carbocycles. The summed E-state index contributed by atoms with van der Waals surface area (Å²) in [5.41, 5.74) is -0.655. The van der Waals surface area contributed by atoms with Gasteiger partial charge in [-0.2, -0.15) is 23.3 Å². The van der Waals surface area contributed by atoms with Crippen LogP contribution in [0.2, 0.25) is 5.02 Å². The van der Waals surface area contributed by atoms with E-state index in [1.54, 1.807) is 0 Å². The molecular formula is C23H16ClF3N2O3. The van der Waals surface area contributed by atoms with Crippen LogP contribution in [-0.4, -0.2) is 23.0 Å². The van der Waals surface area contributed by atoms with Gasteiger partial charge in [0.15, 0.2) is 0 Å². The van der Waals surface area contributed by atoms with Crippen molar-refractivity contribution in [2.75, 3.05) is 0 Å². The molecule has 5 nitrogen and oxygen atoms in total. The second kappa shape index (κ2) is 6.34. The zero-order chi connectivity index (χ0) is 22.4. The molecule has 0 radical (unpaired) electrons. The first kappa shape index (κ1) is 19.8. The summed E-state index contributed by atoms with van der Waals surface area (Å²) in [4.78, 5) is 25.9. The lowest BCUT2D eigenvalue weighted by molar-refractivity contribution is -0.141. The van der Waals surface area contributed by atoms with Crippen LogP contribution in [0.5, 0.6) is 0 Å². The Morgan fingerprint density at radius 2 is 1.72 bits per heavy atom. The minimum Gasteiger partial charge on any atom is -0.455 e. The summed E-state index contributed by atoms with van der Waals surface area (Å²) < 4.78 is 44.7. The largest absolute Gasteiger partial charge is 0.455 e. The molecule has 1 aromatic heterocycles. The Morgan fingerprint density at radius 3 is 2.31 bits per heavy atom. The minimum atomic E-state index is -4.52. The van der Waals surface area contributed by atoms with Crippen LogP contribution in [0.1, 0.15) is 24.2 Å². The summed E-state index contributed by atoms with van der Waals surface area (Å²) in [6, 6.07) is 5.92. The number of allylic oxidation sites excluding steroid dienone is 2. The minimum absolute atomic E-state index is 0.0846. The van der Waals surface area contributed by atoms with Crippen LogP contribution in [0.3, 0.4) is 0 Å². The standard InChI is InChI=1S/C23H16ClF3N2O3/c24-16-5-1-11(23(25,26)27)9-13(16)17-6-2-12(32-17)10-28-29-20(30)18-14-3-4-15(19(18)21(29)31)22(14)7-8-22/h1-6,9-10,14-15,18-19H,7-8H2/b28-10+. The molecule has 1 aromatic carbocycles. The summed E-state index contributed by atoms with van der Waals surface area (Å²) in [7, 11) is 0. The quantitative estimate of drug-likeness (QED) is 0.361. The van der Waals surface area contributed by atoms with Crippen LogP contribution in [0.25, 0.3) is 11.3 Å². The number of amides is 2. The SMILES string of the molecule is O=C1C2C(C(=O)N1/N=C/c1ccc(-c3cc(C(F)(F)F)ccc3Cl)o1)C1C=CC2C12CC2. The van der Waals surface area contributed by atoms with Crippen LogP contribution in [-0.2, 0) is 15.8 Å². The number of halogens is 4. The molecule has 2 saturated carbocycles. The first-order valence-electron chi connectivity index (χ1n) is 10.3. The van der Waals surface area contributed by atoms with Gasteiger partial charge < -0.3 is 4.42 Å². The Hall–Kier alpha value is -2.87. The number of carbonyl (C=O) groups excluding carboxylic acids is 2. The topological polar surface area (TPSA) is 62.9 Å². The van der Waals surface area contributed by atoms with Crippen LogP contribution in [0.4, 0.5) is 13.2 Å². The number of hydrazone groups is 1. The number of hydrogen-bond donors (Lipinski definition) is 0. The Balaban J connectivity index is 1.24. The molecule has 4 aliphatic rings. The van der Waals surface area contributed by atoms with E-state index in [-0.39, 0.29) is 63.0 Å². The Labute approximate surface area is 185 Å². The van der Waals surface area contributed by atoms with Crippen molar-refractivity contribution in [2.45, 2.75) is 19.0 Å². The zero-order valence-electron chi connectivity index (χ0n) is 16.5. The molecule has 0 N–H and O–H groups in total. The highest BCUT2D eigenvalue weighted by Crippen LogP contribution is 2.73. The van der Waals surface area contributed by atoms with Crippen molar-refractivity contribution in [1.82, 2.24) is 5.01 Å². The van der Waals surface area contributed by atoms with Crippen LogP contribution in [0, 0.1) is 29.1 Å². The molecule has 164 valence electrons. The average Bonchev–Trinajstić information content (AvgIpc) is 3.03. The number of carbonyl (C=O) groups is 2. The van der Waals surface area contributed by atoms with Gasteiger partial charge in [0.1, 0.15) is 11.5 Å². The summed E-state index contributed by atoms with van der Waals surface area (Å²) in [6.07, 6.45) is 2.98. The van der Waals surface area contributed by atoms with E-state index < -0.39 is 11.7 Å². The molecule has 4 unspecified atom stereocenters. The summed E-state index contributed by atoms with van der Waals surface area (Å²) in [5.74, 6) is -0.789. The maximum Gasteiger partial charge on any atom is 0.416 e. The summed E-state index contributed by atoms with van der Waals surface area (Å²) in [5, 5.41) is 5.08.